The van der Waals surface area contributed by atoms with Crippen molar-refractivity contribution in [2.24, 2.45) is 0 Å². The molecule has 1 fully saturated rings. The molecule has 0 aromatic heterocycles. The van der Waals surface area contributed by atoms with Crippen LogP contribution in [0.25, 0.3) is 0 Å². The first-order valence-corrected chi connectivity index (χ1v) is 2.91. The van der Waals surface area contributed by atoms with E-state index in [1.807, 2.05) is 6.92 Å². The molecule has 0 aliphatic carbocycles. The summed E-state index contributed by atoms with van der Waals surface area (Å²) in [5.41, 5.74) is 0. The number of ether oxygens (including phenoxy) is 1. The molecule has 2 N–H and O–H groups in total. The molecule has 1 saturated heterocycles. The van der Waals surface area contributed by atoms with Crippen molar-refractivity contribution in [3.05, 3.63) is 6.35 Å². The standard InChI is InChI=1S/C5H11N2O/c1-2-8-5-6-3-4-7-5/h6-7H,2-4H2,1H3. The minimum Gasteiger partial charge on any atom is -0.343 e. The van der Waals surface area contributed by atoms with Gasteiger partial charge in [0.2, 0.25) is 6.35 Å². The molecule has 1 aliphatic rings. The Morgan fingerprint density at radius 1 is 1.50 bits per heavy atom. The van der Waals surface area contributed by atoms with E-state index in [2.05, 4.69) is 10.6 Å². The molecule has 8 heavy (non-hydrogen) atoms. The van der Waals surface area contributed by atoms with E-state index in [0.29, 0.717) is 0 Å². The topological polar surface area (TPSA) is 33.3 Å². The highest BCUT2D eigenvalue weighted by atomic mass is 16.5. The Morgan fingerprint density at radius 2 is 2.12 bits per heavy atom. The summed E-state index contributed by atoms with van der Waals surface area (Å²) in [6, 6.07) is 0. The fraction of sp³-hybridized carbons (Fsp3) is 0.800. The summed E-state index contributed by atoms with van der Waals surface area (Å²) in [6.45, 7) is 4.66. The van der Waals surface area contributed by atoms with Crippen molar-refractivity contribution in [2.45, 2.75) is 6.92 Å². The van der Waals surface area contributed by atoms with Crippen molar-refractivity contribution in [3.8, 4) is 0 Å². The lowest BCUT2D eigenvalue weighted by Crippen LogP contribution is -2.24. The summed E-state index contributed by atoms with van der Waals surface area (Å²) in [7, 11) is 0. The fourth-order valence-corrected chi connectivity index (χ4v) is 0.661. The summed E-state index contributed by atoms with van der Waals surface area (Å²) in [5, 5.41) is 6.08. The highest BCUT2D eigenvalue weighted by molar-refractivity contribution is 4.79. The molecular formula is C5H11N2O. The van der Waals surface area contributed by atoms with Gasteiger partial charge in [0.1, 0.15) is 0 Å². The number of rotatable bonds is 2. The predicted octanol–water partition coefficient (Wildman–Crippen LogP) is -0.337. The van der Waals surface area contributed by atoms with Crippen LogP contribution in [0.4, 0.5) is 0 Å². The van der Waals surface area contributed by atoms with Crippen LogP contribution in [0.1, 0.15) is 6.92 Å². The second-order valence-corrected chi connectivity index (χ2v) is 1.62. The van der Waals surface area contributed by atoms with Gasteiger partial charge in [-0.15, -0.1) is 0 Å². The van der Waals surface area contributed by atoms with Gasteiger partial charge in [0.25, 0.3) is 0 Å². The van der Waals surface area contributed by atoms with E-state index in [4.69, 9.17) is 4.74 Å². The molecule has 3 heteroatoms. The minimum atomic E-state index is 0.731. The third-order valence-corrected chi connectivity index (χ3v) is 0.985. The van der Waals surface area contributed by atoms with Gasteiger partial charge in [-0.05, 0) is 6.92 Å². The first-order valence-electron chi connectivity index (χ1n) is 2.91. The number of hydrogen-bond acceptors (Lipinski definition) is 3. The van der Waals surface area contributed by atoms with Crippen LogP contribution in [0.3, 0.4) is 0 Å². The SMILES string of the molecule is CCO[C]1NCCN1. The molecule has 0 aromatic carbocycles. The van der Waals surface area contributed by atoms with Crippen LogP contribution in [-0.2, 0) is 4.74 Å². The summed E-state index contributed by atoms with van der Waals surface area (Å²) < 4.78 is 5.10. The molecule has 0 saturated carbocycles. The second kappa shape index (κ2) is 3.02. The maximum Gasteiger partial charge on any atom is 0.234 e. The molecule has 47 valence electrons. The zero-order valence-corrected chi connectivity index (χ0v) is 5.03. The van der Waals surface area contributed by atoms with Gasteiger partial charge in [0.15, 0.2) is 0 Å². The van der Waals surface area contributed by atoms with Crippen LogP contribution in [0.2, 0.25) is 0 Å². The van der Waals surface area contributed by atoms with Gasteiger partial charge in [-0.25, -0.2) is 0 Å². The molecule has 1 aliphatic heterocycles. The zero-order valence-electron chi connectivity index (χ0n) is 5.03. The van der Waals surface area contributed by atoms with Crippen LogP contribution in [-0.4, -0.2) is 19.7 Å². The van der Waals surface area contributed by atoms with Gasteiger partial charge in [0.05, 0.1) is 0 Å². The van der Waals surface area contributed by atoms with Gasteiger partial charge in [0, 0.05) is 19.7 Å². The molecule has 0 amide bonds. The van der Waals surface area contributed by atoms with E-state index < -0.39 is 0 Å². The van der Waals surface area contributed by atoms with E-state index >= 15 is 0 Å². The molecule has 1 heterocycles. The summed E-state index contributed by atoms with van der Waals surface area (Å²) in [6.07, 6.45) is 0.826. The van der Waals surface area contributed by atoms with Gasteiger partial charge in [-0.2, -0.15) is 0 Å². The van der Waals surface area contributed by atoms with Crippen LogP contribution in [0.15, 0.2) is 0 Å². The molecule has 0 aromatic rings. The maximum absolute atomic E-state index is 5.10. The molecule has 1 radical (unpaired) electrons. The molecule has 0 spiro atoms. The zero-order chi connectivity index (χ0) is 5.82. The van der Waals surface area contributed by atoms with Crippen molar-refractivity contribution in [3.63, 3.8) is 0 Å². The third-order valence-electron chi connectivity index (χ3n) is 0.985. The predicted molar refractivity (Wildman–Crippen MR) is 30.9 cm³/mol. The van der Waals surface area contributed by atoms with E-state index in [1.165, 1.54) is 0 Å². The van der Waals surface area contributed by atoms with Crippen molar-refractivity contribution < 1.29 is 4.74 Å². The average Bonchev–Trinajstić information content (AvgIpc) is 2.19. The summed E-state index contributed by atoms with van der Waals surface area (Å²) >= 11 is 0. The third kappa shape index (κ3) is 1.43. The van der Waals surface area contributed by atoms with Gasteiger partial charge in [-0.1, -0.05) is 0 Å². The quantitative estimate of drug-likeness (QED) is 0.516. The van der Waals surface area contributed by atoms with Crippen molar-refractivity contribution in [1.29, 1.82) is 0 Å². The molecule has 0 unspecified atom stereocenters. The highest BCUT2D eigenvalue weighted by Crippen LogP contribution is 1.94. The Bertz CT molecular complexity index is 61.4. The summed E-state index contributed by atoms with van der Waals surface area (Å²) in [4.78, 5) is 0. The van der Waals surface area contributed by atoms with Gasteiger partial charge < -0.3 is 4.74 Å². The van der Waals surface area contributed by atoms with E-state index in [9.17, 15) is 0 Å². The molecular weight excluding hydrogens is 104 g/mol. The van der Waals surface area contributed by atoms with Crippen molar-refractivity contribution in [2.75, 3.05) is 19.7 Å². The molecule has 0 bridgehead atoms. The largest absolute Gasteiger partial charge is 0.343 e. The first-order chi connectivity index (χ1) is 3.93. The van der Waals surface area contributed by atoms with E-state index in [0.717, 1.165) is 26.0 Å². The van der Waals surface area contributed by atoms with Crippen LogP contribution >= 0.6 is 0 Å². The van der Waals surface area contributed by atoms with Crippen LogP contribution < -0.4 is 10.6 Å². The minimum absolute atomic E-state index is 0.731. The number of nitrogens with one attached hydrogen (secondary N) is 2. The lowest BCUT2D eigenvalue weighted by Gasteiger charge is -2.05. The normalized spacial score (nSPS) is 22.1. The Morgan fingerprint density at radius 3 is 2.62 bits per heavy atom. The van der Waals surface area contributed by atoms with E-state index in [1.54, 1.807) is 0 Å². The van der Waals surface area contributed by atoms with Crippen LogP contribution in [0, 0.1) is 6.35 Å². The molecule has 0 atom stereocenters. The highest BCUT2D eigenvalue weighted by Gasteiger charge is 2.12. The van der Waals surface area contributed by atoms with Gasteiger partial charge in [-0.3, -0.25) is 10.6 Å². The Kier molecular flexibility index (Phi) is 2.27. The lowest BCUT2D eigenvalue weighted by atomic mass is 10.7. The second-order valence-electron chi connectivity index (χ2n) is 1.62. The van der Waals surface area contributed by atoms with Gasteiger partial charge >= 0.3 is 0 Å². The number of hydrogen-bond donors (Lipinski definition) is 2. The Balaban J connectivity index is 2.06. The molecule has 1 rings (SSSR count). The lowest BCUT2D eigenvalue weighted by molar-refractivity contribution is 0.129. The smallest absolute Gasteiger partial charge is 0.234 e. The average molecular weight is 115 g/mol. The monoisotopic (exact) mass is 115 g/mol. The Labute approximate surface area is 49.4 Å². The van der Waals surface area contributed by atoms with Crippen molar-refractivity contribution >= 4 is 0 Å². The molecule has 3 nitrogen and oxygen atoms in total. The van der Waals surface area contributed by atoms with E-state index in [-0.39, 0.29) is 0 Å². The van der Waals surface area contributed by atoms with Crippen LogP contribution in [0.5, 0.6) is 0 Å². The maximum atomic E-state index is 5.10. The summed E-state index contributed by atoms with van der Waals surface area (Å²) in [5.74, 6) is 0. The fourth-order valence-electron chi connectivity index (χ4n) is 0.661. The Hall–Kier alpha value is -0.120. The first kappa shape index (κ1) is 6.01. The van der Waals surface area contributed by atoms with Crippen molar-refractivity contribution in [1.82, 2.24) is 10.6 Å².